The first-order valence-electron chi connectivity index (χ1n) is 9.10. The highest BCUT2D eigenvalue weighted by Crippen LogP contribution is 2.23. The summed E-state index contributed by atoms with van der Waals surface area (Å²) in [5.74, 6) is 0. The van der Waals surface area contributed by atoms with E-state index < -0.39 is 0 Å². The average molecular weight is 397 g/mol. The first kappa shape index (κ1) is 19.8. The van der Waals surface area contributed by atoms with E-state index in [0.717, 1.165) is 16.3 Å². The molecule has 0 saturated carbocycles. The first-order valence-corrected chi connectivity index (χ1v) is 9.98. The van der Waals surface area contributed by atoms with Crippen molar-refractivity contribution in [3.05, 3.63) is 69.8 Å². The van der Waals surface area contributed by atoms with Crippen molar-refractivity contribution in [2.24, 2.45) is 0 Å². The number of nitrogens with zero attached hydrogens (tertiary/aromatic N) is 2. The molecule has 6 nitrogen and oxygen atoms in total. The summed E-state index contributed by atoms with van der Waals surface area (Å²) in [5, 5.41) is 11.9. The lowest BCUT2D eigenvalue weighted by Crippen LogP contribution is -2.34. The van der Waals surface area contributed by atoms with E-state index >= 15 is 0 Å². The fraction of sp³-hybridized carbons (Fsp3) is 0.286. The van der Waals surface area contributed by atoms with E-state index in [1.54, 1.807) is 17.4 Å². The molecule has 2 heterocycles. The second kappa shape index (κ2) is 8.39. The Morgan fingerprint density at radius 2 is 1.86 bits per heavy atom. The van der Waals surface area contributed by atoms with Gasteiger partial charge in [-0.25, -0.2) is 9.48 Å². The maximum absolute atomic E-state index is 12.1. The van der Waals surface area contributed by atoms with Crippen LogP contribution >= 0.6 is 11.3 Å². The number of hydrogen-bond donors (Lipinski definition) is 2. The van der Waals surface area contributed by atoms with Crippen molar-refractivity contribution in [1.29, 1.82) is 0 Å². The summed E-state index contributed by atoms with van der Waals surface area (Å²) in [4.78, 5) is 25.1. The molecule has 0 spiro atoms. The number of aromatic nitrogens is 2. The van der Waals surface area contributed by atoms with Gasteiger partial charge in [-0.1, -0.05) is 39.0 Å². The van der Waals surface area contributed by atoms with Crippen LogP contribution in [0.1, 0.15) is 26.3 Å². The van der Waals surface area contributed by atoms with Crippen molar-refractivity contribution in [2.45, 2.75) is 32.7 Å². The van der Waals surface area contributed by atoms with Crippen molar-refractivity contribution < 1.29 is 4.79 Å². The molecule has 0 radical (unpaired) electrons. The van der Waals surface area contributed by atoms with Crippen molar-refractivity contribution in [2.75, 3.05) is 11.9 Å². The van der Waals surface area contributed by atoms with E-state index in [9.17, 15) is 9.59 Å². The molecule has 0 aliphatic carbocycles. The minimum Gasteiger partial charge on any atom is -0.336 e. The summed E-state index contributed by atoms with van der Waals surface area (Å²) in [6.07, 6.45) is 0. The summed E-state index contributed by atoms with van der Waals surface area (Å²) >= 11 is 1.57. The fourth-order valence-electron chi connectivity index (χ4n) is 2.67. The predicted molar refractivity (Wildman–Crippen MR) is 114 cm³/mol. The zero-order valence-corrected chi connectivity index (χ0v) is 17.0. The third-order valence-electron chi connectivity index (χ3n) is 4.26. The highest BCUT2D eigenvalue weighted by molar-refractivity contribution is 7.13. The van der Waals surface area contributed by atoms with Gasteiger partial charge >= 0.3 is 6.03 Å². The van der Waals surface area contributed by atoms with Gasteiger partial charge in [0, 0.05) is 18.3 Å². The van der Waals surface area contributed by atoms with Gasteiger partial charge in [-0.3, -0.25) is 4.79 Å². The zero-order valence-electron chi connectivity index (χ0n) is 16.2. The second-order valence-corrected chi connectivity index (χ2v) is 8.41. The van der Waals surface area contributed by atoms with Gasteiger partial charge in [0.2, 0.25) is 0 Å². The van der Waals surface area contributed by atoms with Crippen molar-refractivity contribution in [1.82, 2.24) is 15.1 Å². The monoisotopic (exact) mass is 396 g/mol. The van der Waals surface area contributed by atoms with E-state index in [4.69, 9.17) is 0 Å². The van der Waals surface area contributed by atoms with Gasteiger partial charge in [-0.2, -0.15) is 5.10 Å². The number of carbonyl (C=O) groups is 1. The van der Waals surface area contributed by atoms with Crippen LogP contribution in [0.15, 0.2) is 58.7 Å². The summed E-state index contributed by atoms with van der Waals surface area (Å²) in [7, 11) is 0. The summed E-state index contributed by atoms with van der Waals surface area (Å²) in [6, 6.07) is 14.6. The SMILES string of the molecule is CC(C)(C)c1ccc(NC(=O)NCCn2nc(-c3cccs3)ccc2=O)cc1. The average Bonchev–Trinajstić information content (AvgIpc) is 3.17. The lowest BCUT2D eigenvalue weighted by atomic mass is 9.87. The van der Waals surface area contributed by atoms with Crippen LogP contribution < -0.4 is 16.2 Å². The number of anilines is 1. The van der Waals surface area contributed by atoms with Crippen LogP contribution in [0.4, 0.5) is 10.5 Å². The van der Waals surface area contributed by atoms with E-state index in [0.29, 0.717) is 13.1 Å². The first-order chi connectivity index (χ1) is 13.3. The number of urea groups is 1. The lowest BCUT2D eigenvalue weighted by molar-refractivity contribution is 0.251. The molecule has 3 aromatic rings. The molecule has 2 aromatic heterocycles. The van der Waals surface area contributed by atoms with Gasteiger partial charge in [-0.05, 0) is 40.6 Å². The van der Waals surface area contributed by atoms with E-state index in [-0.39, 0.29) is 17.0 Å². The van der Waals surface area contributed by atoms with Crippen LogP contribution in [0.25, 0.3) is 10.6 Å². The van der Waals surface area contributed by atoms with Gasteiger partial charge < -0.3 is 10.6 Å². The molecule has 28 heavy (non-hydrogen) atoms. The van der Waals surface area contributed by atoms with Crippen LogP contribution in [0, 0.1) is 0 Å². The molecule has 0 fully saturated rings. The Kier molecular flexibility index (Phi) is 5.94. The van der Waals surface area contributed by atoms with Crippen molar-refractivity contribution >= 4 is 23.1 Å². The molecule has 146 valence electrons. The molecule has 0 saturated heterocycles. The molecule has 2 amide bonds. The fourth-order valence-corrected chi connectivity index (χ4v) is 3.36. The summed E-state index contributed by atoms with van der Waals surface area (Å²) in [6.45, 7) is 7.03. The molecule has 0 atom stereocenters. The van der Waals surface area contributed by atoms with E-state index in [1.165, 1.54) is 16.3 Å². The molecule has 0 bridgehead atoms. The third kappa shape index (κ3) is 5.07. The smallest absolute Gasteiger partial charge is 0.319 e. The number of carbonyl (C=O) groups excluding carboxylic acids is 1. The maximum atomic E-state index is 12.1. The maximum Gasteiger partial charge on any atom is 0.319 e. The summed E-state index contributed by atoms with van der Waals surface area (Å²) < 4.78 is 1.37. The van der Waals surface area contributed by atoms with E-state index in [2.05, 4.69) is 36.5 Å². The Labute approximate surface area is 168 Å². The number of amides is 2. The standard InChI is InChI=1S/C21H24N4O2S/c1-21(2,3)15-6-8-16(9-7-15)23-20(27)22-12-13-25-19(26)11-10-17(24-25)18-5-4-14-28-18/h4-11,14H,12-13H2,1-3H3,(H2,22,23,27). The molecule has 0 aliphatic rings. The number of nitrogens with one attached hydrogen (secondary N) is 2. The molecule has 1 aromatic carbocycles. The van der Waals surface area contributed by atoms with Crippen LogP contribution in [0.2, 0.25) is 0 Å². The Morgan fingerprint density at radius 1 is 1.11 bits per heavy atom. The second-order valence-electron chi connectivity index (χ2n) is 7.47. The minimum absolute atomic E-state index is 0.0682. The van der Waals surface area contributed by atoms with Crippen LogP contribution in [0.3, 0.4) is 0 Å². The van der Waals surface area contributed by atoms with Gasteiger partial charge in [0.15, 0.2) is 0 Å². The summed E-state index contributed by atoms with van der Waals surface area (Å²) in [5.41, 5.74) is 2.55. The highest BCUT2D eigenvalue weighted by Gasteiger charge is 2.13. The van der Waals surface area contributed by atoms with Gasteiger partial charge in [0.1, 0.15) is 5.69 Å². The molecule has 7 heteroatoms. The number of benzene rings is 1. The Bertz CT molecular complexity index is 986. The normalized spacial score (nSPS) is 11.2. The van der Waals surface area contributed by atoms with Crippen molar-refractivity contribution in [3.63, 3.8) is 0 Å². The minimum atomic E-state index is -0.314. The molecular weight excluding hydrogens is 372 g/mol. The van der Waals surface area contributed by atoms with E-state index in [1.807, 2.05) is 41.8 Å². The number of hydrogen-bond acceptors (Lipinski definition) is 4. The Morgan fingerprint density at radius 3 is 2.50 bits per heavy atom. The number of thiophene rings is 1. The molecule has 2 N–H and O–H groups in total. The molecule has 3 rings (SSSR count). The quantitative estimate of drug-likeness (QED) is 0.682. The Hall–Kier alpha value is -2.93. The predicted octanol–water partition coefficient (Wildman–Crippen LogP) is 4.09. The van der Waals surface area contributed by atoms with Crippen LogP contribution in [0.5, 0.6) is 0 Å². The Balaban J connectivity index is 1.54. The van der Waals surface area contributed by atoms with Gasteiger partial charge in [0.25, 0.3) is 5.56 Å². The zero-order chi connectivity index (χ0) is 20.1. The highest BCUT2D eigenvalue weighted by atomic mass is 32.1. The number of rotatable bonds is 5. The van der Waals surface area contributed by atoms with Gasteiger partial charge in [-0.15, -0.1) is 11.3 Å². The van der Waals surface area contributed by atoms with Crippen LogP contribution in [-0.4, -0.2) is 22.4 Å². The molecular formula is C21H24N4O2S. The molecule has 0 aliphatic heterocycles. The van der Waals surface area contributed by atoms with Crippen LogP contribution in [-0.2, 0) is 12.0 Å². The molecule has 0 unspecified atom stereocenters. The largest absolute Gasteiger partial charge is 0.336 e. The van der Waals surface area contributed by atoms with Crippen molar-refractivity contribution in [3.8, 4) is 10.6 Å². The topological polar surface area (TPSA) is 76.0 Å². The third-order valence-corrected chi connectivity index (χ3v) is 5.15. The van der Waals surface area contributed by atoms with Gasteiger partial charge in [0.05, 0.1) is 11.4 Å². The lowest BCUT2D eigenvalue weighted by Gasteiger charge is -2.19.